The smallest absolute Gasteiger partial charge is 0.225 e. The van der Waals surface area contributed by atoms with Gasteiger partial charge in [0, 0.05) is 19.0 Å². The van der Waals surface area contributed by atoms with E-state index in [4.69, 9.17) is 13.9 Å². The summed E-state index contributed by atoms with van der Waals surface area (Å²) < 4.78 is 40.5. The van der Waals surface area contributed by atoms with Gasteiger partial charge in [-0.3, -0.25) is 4.79 Å². The Kier molecular flexibility index (Phi) is 6.64. The summed E-state index contributed by atoms with van der Waals surface area (Å²) in [7, 11) is -0.460. The van der Waals surface area contributed by atoms with Crippen molar-refractivity contribution in [1.82, 2.24) is 4.31 Å². The Morgan fingerprint density at radius 2 is 2.00 bits per heavy atom. The van der Waals surface area contributed by atoms with Crippen LogP contribution >= 0.6 is 0 Å². The second-order valence-corrected chi connectivity index (χ2v) is 7.52. The van der Waals surface area contributed by atoms with E-state index in [2.05, 4.69) is 5.32 Å². The fraction of sp³-hybridized carbons (Fsp3) is 0.353. The molecule has 9 heteroatoms. The maximum Gasteiger partial charge on any atom is 0.225 e. The van der Waals surface area contributed by atoms with Crippen molar-refractivity contribution in [2.45, 2.75) is 13.0 Å². The zero-order chi connectivity index (χ0) is 19.2. The molecule has 0 saturated heterocycles. The van der Waals surface area contributed by atoms with Gasteiger partial charge in [-0.2, -0.15) is 4.31 Å². The minimum absolute atomic E-state index is 0.0110. The number of furan rings is 1. The fourth-order valence-corrected chi connectivity index (χ4v) is 3.06. The van der Waals surface area contributed by atoms with Crippen molar-refractivity contribution in [2.24, 2.45) is 0 Å². The van der Waals surface area contributed by atoms with Crippen molar-refractivity contribution in [2.75, 3.05) is 32.3 Å². The van der Waals surface area contributed by atoms with Crippen LogP contribution in [0.2, 0.25) is 0 Å². The van der Waals surface area contributed by atoms with E-state index < -0.39 is 10.0 Å². The van der Waals surface area contributed by atoms with Crippen LogP contribution in [0, 0.1) is 0 Å². The molecular weight excluding hydrogens is 360 g/mol. The summed E-state index contributed by atoms with van der Waals surface area (Å²) >= 11 is 0. The molecule has 8 nitrogen and oxygen atoms in total. The number of sulfonamides is 1. The summed E-state index contributed by atoms with van der Waals surface area (Å²) in [4.78, 5) is 12.2. The monoisotopic (exact) mass is 382 g/mol. The summed E-state index contributed by atoms with van der Waals surface area (Å²) in [5.41, 5.74) is 0.482. The molecule has 1 aromatic carbocycles. The van der Waals surface area contributed by atoms with Gasteiger partial charge < -0.3 is 19.2 Å². The number of carbonyl (C=O) groups excluding carboxylic acids is 1. The Hall–Kier alpha value is -2.52. The number of carbonyl (C=O) groups is 1. The van der Waals surface area contributed by atoms with Crippen molar-refractivity contribution in [3.63, 3.8) is 0 Å². The number of hydrogen-bond donors (Lipinski definition) is 1. The van der Waals surface area contributed by atoms with E-state index in [1.165, 1.54) is 24.8 Å². The van der Waals surface area contributed by atoms with E-state index in [1.807, 2.05) is 0 Å². The van der Waals surface area contributed by atoms with Crippen molar-refractivity contribution < 1.29 is 27.1 Å². The third-order valence-electron chi connectivity index (χ3n) is 3.65. The van der Waals surface area contributed by atoms with Gasteiger partial charge in [0.1, 0.15) is 17.3 Å². The van der Waals surface area contributed by atoms with Crippen LogP contribution in [-0.4, -0.2) is 45.7 Å². The minimum atomic E-state index is -3.48. The molecule has 1 aromatic heterocycles. The average Bonchev–Trinajstić information content (AvgIpc) is 3.11. The first-order valence-electron chi connectivity index (χ1n) is 7.83. The molecule has 26 heavy (non-hydrogen) atoms. The van der Waals surface area contributed by atoms with E-state index in [9.17, 15) is 13.2 Å². The van der Waals surface area contributed by atoms with Gasteiger partial charge in [-0.25, -0.2) is 8.42 Å². The largest absolute Gasteiger partial charge is 0.497 e. The molecule has 1 amide bonds. The SMILES string of the molecule is COc1ccc(NC(=O)CCN(Cc2ccco2)S(C)(=O)=O)c(OC)c1. The van der Waals surface area contributed by atoms with Gasteiger partial charge in [-0.1, -0.05) is 0 Å². The highest BCUT2D eigenvalue weighted by Crippen LogP contribution is 2.29. The van der Waals surface area contributed by atoms with Crippen LogP contribution in [0.3, 0.4) is 0 Å². The quantitative estimate of drug-likeness (QED) is 0.713. The van der Waals surface area contributed by atoms with Crippen molar-refractivity contribution in [1.29, 1.82) is 0 Å². The van der Waals surface area contributed by atoms with Gasteiger partial charge in [0.2, 0.25) is 15.9 Å². The molecule has 0 unspecified atom stereocenters. The van der Waals surface area contributed by atoms with Crippen LogP contribution in [0.1, 0.15) is 12.2 Å². The highest BCUT2D eigenvalue weighted by Gasteiger charge is 2.20. The molecule has 0 aliphatic carbocycles. The molecule has 2 aromatic rings. The second kappa shape index (κ2) is 8.72. The van der Waals surface area contributed by atoms with Crippen molar-refractivity contribution in [3.05, 3.63) is 42.4 Å². The fourth-order valence-electron chi connectivity index (χ4n) is 2.28. The molecule has 0 fully saturated rings. The molecule has 1 heterocycles. The molecule has 0 aliphatic heterocycles. The van der Waals surface area contributed by atoms with Crippen molar-refractivity contribution in [3.8, 4) is 11.5 Å². The summed E-state index contributed by atoms with van der Waals surface area (Å²) in [5, 5.41) is 2.71. The molecule has 0 bridgehead atoms. The Morgan fingerprint density at radius 1 is 1.23 bits per heavy atom. The van der Waals surface area contributed by atoms with Crippen LogP contribution in [0.15, 0.2) is 41.0 Å². The molecule has 0 spiro atoms. The van der Waals surface area contributed by atoms with Gasteiger partial charge in [0.05, 0.1) is 39.0 Å². The number of amides is 1. The number of ether oxygens (including phenoxy) is 2. The highest BCUT2D eigenvalue weighted by atomic mass is 32.2. The predicted octanol–water partition coefficient (Wildman–Crippen LogP) is 2.09. The topological polar surface area (TPSA) is 98.1 Å². The highest BCUT2D eigenvalue weighted by molar-refractivity contribution is 7.88. The number of methoxy groups -OCH3 is 2. The lowest BCUT2D eigenvalue weighted by atomic mass is 10.2. The minimum Gasteiger partial charge on any atom is -0.497 e. The lowest BCUT2D eigenvalue weighted by Gasteiger charge is -2.18. The Labute approximate surface area is 152 Å². The molecule has 0 saturated carbocycles. The van der Waals surface area contributed by atoms with Crippen LogP contribution < -0.4 is 14.8 Å². The van der Waals surface area contributed by atoms with Gasteiger partial charge in [-0.05, 0) is 24.3 Å². The first kappa shape index (κ1) is 19.8. The third kappa shape index (κ3) is 5.50. The number of benzene rings is 1. The number of hydrogen-bond acceptors (Lipinski definition) is 6. The summed E-state index contributed by atoms with van der Waals surface area (Å²) in [6.07, 6.45) is 2.56. The first-order valence-corrected chi connectivity index (χ1v) is 9.67. The lowest BCUT2D eigenvalue weighted by molar-refractivity contribution is -0.116. The van der Waals surface area contributed by atoms with Gasteiger partial charge in [0.25, 0.3) is 0 Å². The summed E-state index contributed by atoms with van der Waals surface area (Å²) in [6.45, 7) is 0.106. The van der Waals surface area contributed by atoms with E-state index in [-0.39, 0.29) is 25.4 Å². The van der Waals surface area contributed by atoms with E-state index in [0.717, 1.165) is 6.26 Å². The molecule has 142 valence electrons. The molecule has 2 rings (SSSR count). The molecule has 0 atom stereocenters. The molecule has 1 N–H and O–H groups in total. The number of rotatable bonds is 9. The summed E-state index contributed by atoms with van der Waals surface area (Å²) in [6, 6.07) is 8.36. The lowest BCUT2D eigenvalue weighted by Crippen LogP contribution is -2.32. The maximum absolute atomic E-state index is 12.2. The van der Waals surface area contributed by atoms with Crippen LogP contribution in [0.4, 0.5) is 5.69 Å². The van der Waals surface area contributed by atoms with E-state index in [1.54, 1.807) is 30.3 Å². The first-order chi connectivity index (χ1) is 12.3. The zero-order valence-corrected chi connectivity index (χ0v) is 15.7. The van der Waals surface area contributed by atoms with Crippen LogP contribution in [0.25, 0.3) is 0 Å². The second-order valence-electron chi connectivity index (χ2n) is 5.54. The Balaban J connectivity index is 2.00. The Bertz CT molecular complexity index is 833. The standard InChI is InChI=1S/C17H22N2O6S/c1-23-13-6-7-15(16(11-13)24-2)18-17(20)8-9-19(26(3,21)22)12-14-5-4-10-25-14/h4-7,10-11H,8-9,12H2,1-3H3,(H,18,20). The number of nitrogens with zero attached hydrogens (tertiary/aromatic N) is 1. The normalized spacial score (nSPS) is 11.4. The van der Waals surface area contributed by atoms with E-state index in [0.29, 0.717) is 22.9 Å². The maximum atomic E-state index is 12.2. The van der Waals surface area contributed by atoms with Gasteiger partial charge >= 0.3 is 0 Å². The van der Waals surface area contributed by atoms with Crippen LogP contribution in [-0.2, 0) is 21.4 Å². The third-order valence-corrected chi connectivity index (χ3v) is 4.90. The molecular formula is C17H22N2O6S. The summed E-state index contributed by atoms with van der Waals surface area (Å²) in [5.74, 6) is 1.23. The molecule has 0 aliphatic rings. The number of anilines is 1. The average molecular weight is 382 g/mol. The molecule has 0 radical (unpaired) electrons. The van der Waals surface area contributed by atoms with E-state index >= 15 is 0 Å². The predicted molar refractivity (Wildman–Crippen MR) is 96.8 cm³/mol. The van der Waals surface area contributed by atoms with Gasteiger partial charge in [-0.15, -0.1) is 0 Å². The Morgan fingerprint density at radius 3 is 2.58 bits per heavy atom. The van der Waals surface area contributed by atoms with Crippen molar-refractivity contribution >= 4 is 21.6 Å². The van der Waals surface area contributed by atoms with Gasteiger partial charge in [0.15, 0.2) is 0 Å². The number of nitrogens with one attached hydrogen (secondary N) is 1. The zero-order valence-electron chi connectivity index (χ0n) is 14.9. The van der Waals surface area contributed by atoms with Crippen LogP contribution in [0.5, 0.6) is 11.5 Å².